The fourth-order valence-electron chi connectivity index (χ4n) is 3.06. The molecule has 11 heteroatoms. The number of anilines is 1. The number of halogens is 3. The van der Waals surface area contributed by atoms with Crippen LogP contribution in [0.2, 0.25) is 15.1 Å². The standard InChI is InChI=1S/C22H26Cl3N3O4S/c1-4-10-26-22(30)15(2)27(13-16-6-5-7-17(23)11-16)21(29)14-28(33(3,31)32)18-8-9-19(24)20(25)12-18/h5-9,11-12,15H,4,10,13-14H2,1-3H3,(H,26,30). The number of hydrogen-bond acceptors (Lipinski definition) is 4. The quantitative estimate of drug-likeness (QED) is 0.491. The molecule has 33 heavy (non-hydrogen) atoms. The van der Waals surface area contributed by atoms with Crippen molar-refractivity contribution < 1.29 is 18.0 Å². The third-order valence-corrected chi connectivity index (χ3v) is 6.94. The molecule has 0 aromatic heterocycles. The third-order valence-electron chi connectivity index (χ3n) is 4.83. The van der Waals surface area contributed by atoms with Crippen LogP contribution in [0.5, 0.6) is 0 Å². The van der Waals surface area contributed by atoms with Crippen molar-refractivity contribution >= 4 is 62.3 Å². The zero-order valence-electron chi connectivity index (χ0n) is 18.5. The van der Waals surface area contributed by atoms with Crippen molar-refractivity contribution in [1.82, 2.24) is 10.2 Å². The minimum atomic E-state index is -3.85. The first-order valence-corrected chi connectivity index (χ1v) is 13.2. The van der Waals surface area contributed by atoms with Crippen molar-refractivity contribution in [2.45, 2.75) is 32.9 Å². The van der Waals surface area contributed by atoms with Crippen molar-refractivity contribution in [2.24, 2.45) is 0 Å². The second-order valence-electron chi connectivity index (χ2n) is 7.49. The van der Waals surface area contributed by atoms with Gasteiger partial charge in [-0.15, -0.1) is 0 Å². The van der Waals surface area contributed by atoms with E-state index in [1.54, 1.807) is 31.2 Å². The maximum absolute atomic E-state index is 13.4. The number of amides is 2. The van der Waals surface area contributed by atoms with Crippen LogP contribution in [0, 0.1) is 0 Å². The van der Waals surface area contributed by atoms with Crippen molar-refractivity contribution in [3.63, 3.8) is 0 Å². The molecule has 7 nitrogen and oxygen atoms in total. The SMILES string of the molecule is CCCNC(=O)C(C)N(Cc1cccc(Cl)c1)C(=O)CN(c1ccc(Cl)c(Cl)c1)S(C)(=O)=O. The summed E-state index contributed by atoms with van der Waals surface area (Å²) in [6.07, 6.45) is 1.72. The van der Waals surface area contributed by atoms with Gasteiger partial charge >= 0.3 is 0 Å². The summed E-state index contributed by atoms with van der Waals surface area (Å²) in [6.45, 7) is 3.52. The minimum absolute atomic E-state index is 0.0685. The molecule has 2 rings (SSSR count). The Hall–Kier alpha value is -2.00. The molecule has 1 N–H and O–H groups in total. The average molecular weight is 535 g/mol. The van der Waals surface area contributed by atoms with Crippen molar-refractivity contribution in [2.75, 3.05) is 23.7 Å². The Bertz CT molecular complexity index is 1110. The lowest BCUT2D eigenvalue weighted by atomic mass is 10.1. The van der Waals surface area contributed by atoms with E-state index < -0.39 is 28.5 Å². The zero-order chi connectivity index (χ0) is 24.8. The van der Waals surface area contributed by atoms with Gasteiger partial charge < -0.3 is 10.2 Å². The van der Waals surface area contributed by atoms with Crippen LogP contribution in [0.3, 0.4) is 0 Å². The van der Waals surface area contributed by atoms with Crippen LogP contribution >= 0.6 is 34.8 Å². The molecule has 0 fully saturated rings. The lowest BCUT2D eigenvalue weighted by Crippen LogP contribution is -2.51. The highest BCUT2D eigenvalue weighted by Gasteiger charge is 2.30. The second-order valence-corrected chi connectivity index (χ2v) is 10.6. The number of sulfonamides is 1. The molecule has 1 atom stereocenters. The Kier molecular flexibility index (Phi) is 9.84. The monoisotopic (exact) mass is 533 g/mol. The van der Waals surface area contributed by atoms with Gasteiger partial charge in [0.2, 0.25) is 21.8 Å². The topological polar surface area (TPSA) is 86.8 Å². The molecule has 0 aliphatic heterocycles. The Labute approximate surface area is 209 Å². The summed E-state index contributed by atoms with van der Waals surface area (Å²) < 4.78 is 26.0. The van der Waals surface area contributed by atoms with E-state index in [2.05, 4.69) is 5.32 Å². The molecule has 0 saturated heterocycles. The van der Waals surface area contributed by atoms with Crippen LogP contribution in [0.25, 0.3) is 0 Å². The van der Waals surface area contributed by atoms with E-state index in [-0.39, 0.29) is 28.2 Å². The fourth-order valence-corrected chi connectivity index (χ4v) is 4.41. The predicted octanol–water partition coefficient (Wildman–Crippen LogP) is 4.36. The number of benzene rings is 2. The van der Waals surface area contributed by atoms with Gasteiger partial charge in [-0.3, -0.25) is 13.9 Å². The molecule has 0 heterocycles. The first kappa shape index (κ1) is 27.2. The normalized spacial score (nSPS) is 12.2. The Morgan fingerprint density at radius 1 is 1.06 bits per heavy atom. The molecule has 2 amide bonds. The number of carbonyl (C=O) groups is 2. The summed E-state index contributed by atoms with van der Waals surface area (Å²) in [5, 5.41) is 3.66. The van der Waals surface area contributed by atoms with Gasteiger partial charge in [0.1, 0.15) is 12.6 Å². The summed E-state index contributed by atoms with van der Waals surface area (Å²) in [4.78, 5) is 27.4. The maximum atomic E-state index is 13.4. The Morgan fingerprint density at radius 3 is 2.33 bits per heavy atom. The summed E-state index contributed by atoms with van der Waals surface area (Å²) in [7, 11) is -3.85. The summed E-state index contributed by atoms with van der Waals surface area (Å²) >= 11 is 18.1. The molecule has 0 aliphatic carbocycles. The first-order chi connectivity index (χ1) is 15.4. The van der Waals surface area contributed by atoms with Crippen molar-refractivity contribution in [1.29, 1.82) is 0 Å². The van der Waals surface area contributed by atoms with E-state index in [0.29, 0.717) is 17.1 Å². The molecule has 2 aromatic rings. The first-order valence-electron chi connectivity index (χ1n) is 10.2. The Balaban J connectivity index is 2.39. The molecule has 0 radical (unpaired) electrons. The highest BCUT2D eigenvalue weighted by Crippen LogP contribution is 2.28. The predicted molar refractivity (Wildman–Crippen MR) is 133 cm³/mol. The average Bonchev–Trinajstić information content (AvgIpc) is 2.74. The summed E-state index contributed by atoms with van der Waals surface area (Å²) in [5.74, 6) is -0.904. The van der Waals surface area contributed by atoms with E-state index in [9.17, 15) is 18.0 Å². The second kappa shape index (κ2) is 11.9. The van der Waals surface area contributed by atoms with Gasteiger partial charge in [0.25, 0.3) is 0 Å². The van der Waals surface area contributed by atoms with Gasteiger partial charge in [0.15, 0.2) is 0 Å². The maximum Gasteiger partial charge on any atom is 0.244 e. The van der Waals surface area contributed by atoms with Crippen LogP contribution < -0.4 is 9.62 Å². The van der Waals surface area contributed by atoms with E-state index in [4.69, 9.17) is 34.8 Å². The van der Waals surface area contributed by atoms with Crippen LogP contribution in [0.4, 0.5) is 5.69 Å². The molecule has 0 aliphatic rings. The van der Waals surface area contributed by atoms with E-state index in [1.807, 2.05) is 6.92 Å². The number of nitrogens with zero attached hydrogens (tertiary/aromatic N) is 2. The van der Waals surface area contributed by atoms with E-state index >= 15 is 0 Å². The molecule has 0 saturated carbocycles. The molecule has 2 aromatic carbocycles. The zero-order valence-corrected chi connectivity index (χ0v) is 21.6. The summed E-state index contributed by atoms with van der Waals surface area (Å²) in [5.41, 5.74) is 0.887. The van der Waals surface area contributed by atoms with Crippen molar-refractivity contribution in [3.05, 3.63) is 63.1 Å². The van der Waals surface area contributed by atoms with Gasteiger partial charge in [-0.1, -0.05) is 53.9 Å². The van der Waals surface area contributed by atoms with Crippen LogP contribution in [0.1, 0.15) is 25.8 Å². The number of nitrogens with one attached hydrogen (secondary N) is 1. The lowest BCUT2D eigenvalue weighted by Gasteiger charge is -2.31. The highest BCUT2D eigenvalue weighted by atomic mass is 35.5. The van der Waals surface area contributed by atoms with Gasteiger partial charge in [-0.2, -0.15) is 0 Å². The van der Waals surface area contributed by atoms with E-state index in [0.717, 1.165) is 17.0 Å². The van der Waals surface area contributed by atoms with Crippen molar-refractivity contribution in [3.8, 4) is 0 Å². The van der Waals surface area contributed by atoms with Gasteiger partial charge in [-0.25, -0.2) is 8.42 Å². The van der Waals surface area contributed by atoms with Gasteiger partial charge in [0, 0.05) is 18.1 Å². The molecule has 180 valence electrons. The minimum Gasteiger partial charge on any atom is -0.354 e. The van der Waals surface area contributed by atoms with Crippen LogP contribution in [-0.4, -0.2) is 50.5 Å². The molecule has 0 bridgehead atoms. The van der Waals surface area contributed by atoms with Gasteiger partial charge in [0.05, 0.1) is 22.0 Å². The highest BCUT2D eigenvalue weighted by molar-refractivity contribution is 7.92. The summed E-state index contributed by atoms with van der Waals surface area (Å²) in [6, 6.07) is 10.3. The number of carbonyl (C=O) groups excluding carboxylic acids is 2. The lowest BCUT2D eigenvalue weighted by molar-refractivity contribution is -0.139. The third kappa shape index (κ3) is 7.78. The largest absolute Gasteiger partial charge is 0.354 e. The fraction of sp³-hybridized carbons (Fsp3) is 0.364. The molecular weight excluding hydrogens is 509 g/mol. The van der Waals surface area contributed by atoms with Crippen LogP contribution in [0.15, 0.2) is 42.5 Å². The smallest absolute Gasteiger partial charge is 0.244 e. The molecular formula is C22H26Cl3N3O4S. The van der Waals surface area contributed by atoms with E-state index in [1.165, 1.54) is 23.1 Å². The van der Waals surface area contributed by atoms with Gasteiger partial charge in [-0.05, 0) is 49.2 Å². The number of rotatable bonds is 10. The molecule has 1 unspecified atom stereocenters. The van der Waals surface area contributed by atoms with Crippen LogP contribution in [-0.2, 0) is 26.2 Å². The number of hydrogen-bond donors (Lipinski definition) is 1. The molecule has 0 spiro atoms. The Morgan fingerprint density at radius 2 is 1.76 bits per heavy atom.